The minimum absolute atomic E-state index is 0.00383. The summed E-state index contributed by atoms with van der Waals surface area (Å²) in [7, 11) is 0. The smallest absolute Gasteiger partial charge is 0.252 e. The maximum atomic E-state index is 12.8. The van der Waals surface area contributed by atoms with Gasteiger partial charge in [-0.15, -0.1) is 11.3 Å². The van der Waals surface area contributed by atoms with E-state index in [0.717, 1.165) is 27.3 Å². The molecule has 1 aliphatic heterocycles. The van der Waals surface area contributed by atoms with Gasteiger partial charge in [0.15, 0.2) is 0 Å². The highest BCUT2D eigenvalue weighted by atomic mass is 32.1. The second-order valence-electron chi connectivity index (χ2n) is 3.96. The molecule has 4 heteroatoms. The summed E-state index contributed by atoms with van der Waals surface area (Å²) in [6, 6.07) is 8.25. The Morgan fingerprint density at radius 2 is 2.00 bits per heavy atom. The van der Waals surface area contributed by atoms with Crippen LogP contribution in [-0.2, 0) is 6.42 Å². The summed E-state index contributed by atoms with van der Waals surface area (Å²) in [5.74, 6) is -0.247. The summed E-state index contributed by atoms with van der Waals surface area (Å²) in [4.78, 5) is 13.8. The second kappa shape index (κ2) is 3.96. The lowest BCUT2D eigenvalue weighted by molar-refractivity contribution is 0.0947. The van der Waals surface area contributed by atoms with Crippen molar-refractivity contribution >= 4 is 17.2 Å². The molecule has 0 bridgehead atoms. The summed E-state index contributed by atoms with van der Waals surface area (Å²) in [6.45, 7) is 0.704. The molecule has 1 amide bonds. The molecule has 1 aliphatic rings. The Bertz CT molecular complexity index is 574. The van der Waals surface area contributed by atoms with E-state index >= 15 is 0 Å². The molecular weight excluding hydrogens is 237 g/mol. The molecule has 2 heterocycles. The predicted octanol–water partition coefficient (Wildman–Crippen LogP) is 2.84. The minimum Gasteiger partial charge on any atom is -0.352 e. The van der Waals surface area contributed by atoms with Gasteiger partial charge in [0.2, 0.25) is 0 Å². The van der Waals surface area contributed by atoms with Crippen LogP contribution in [0.2, 0.25) is 0 Å². The average Bonchev–Trinajstić information content (AvgIpc) is 2.75. The Balaban J connectivity index is 2.05. The lowest BCUT2D eigenvalue weighted by Crippen LogP contribution is -2.30. The zero-order chi connectivity index (χ0) is 11.8. The van der Waals surface area contributed by atoms with Crippen LogP contribution in [0.5, 0.6) is 0 Å². The number of nitrogens with one attached hydrogen (secondary N) is 1. The molecule has 1 N–H and O–H groups in total. The first-order valence-electron chi connectivity index (χ1n) is 5.41. The van der Waals surface area contributed by atoms with Gasteiger partial charge >= 0.3 is 0 Å². The van der Waals surface area contributed by atoms with Crippen molar-refractivity contribution in [1.82, 2.24) is 5.32 Å². The molecule has 17 heavy (non-hydrogen) atoms. The van der Waals surface area contributed by atoms with E-state index in [1.54, 1.807) is 23.5 Å². The van der Waals surface area contributed by atoms with Crippen LogP contribution in [0.25, 0.3) is 10.4 Å². The maximum absolute atomic E-state index is 12.8. The lowest BCUT2D eigenvalue weighted by atomic mass is 10.1. The standard InChI is InChI=1S/C13H10FNOS/c14-9-3-1-8(2-4-9)12-7-10-11(17-12)5-6-15-13(10)16/h1-4,7H,5-6H2,(H,15,16). The molecule has 2 aromatic rings. The van der Waals surface area contributed by atoms with Crippen molar-refractivity contribution in [2.24, 2.45) is 0 Å². The number of halogens is 1. The van der Waals surface area contributed by atoms with E-state index in [1.807, 2.05) is 6.07 Å². The quantitative estimate of drug-likeness (QED) is 0.825. The fourth-order valence-corrected chi connectivity index (χ4v) is 3.11. The lowest BCUT2D eigenvalue weighted by Gasteiger charge is -2.10. The molecule has 2 nitrogen and oxygen atoms in total. The Kier molecular flexibility index (Phi) is 2.44. The van der Waals surface area contributed by atoms with Gasteiger partial charge in [0, 0.05) is 16.3 Å². The normalized spacial score (nSPS) is 14.3. The molecule has 86 valence electrons. The van der Waals surface area contributed by atoms with Crippen molar-refractivity contribution in [3.05, 3.63) is 46.6 Å². The monoisotopic (exact) mass is 247 g/mol. The van der Waals surface area contributed by atoms with Gasteiger partial charge in [-0.05, 0) is 30.2 Å². The van der Waals surface area contributed by atoms with E-state index < -0.39 is 0 Å². The molecule has 0 saturated heterocycles. The fraction of sp³-hybridized carbons (Fsp3) is 0.154. The topological polar surface area (TPSA) is 29.1 Å². The number of hydrogen-bond donors (Lipinski definition) is 1. The van der Waals surface area contributed by atoms with Gasteiger partial charge in [-0.25, -0.2) is 4.39 Å². The van der Waals surface area contributed by atoms with Crippen LogP contribution in [0.15, 0.2) is 30.3 Å². The molecule has 1 aromatic heterocycles. The average molecular weight is 247 g/mol. The van der Waals surface area contributed by atoms with Crippen LogP contribution in [0, 0.1) is 5.82 Å². The van der Waals surface area contributed by atoms with Crippen LogP contribution in [0.4, 0.5) is 4.39 Å². The molecule has 0 spiro atoms. The fourth-order valence-electron chi connectivity index (χ4n) is 1.95. The Morgan fingerprint density at radius 1 is 1.24 bits per heavy atom. The second-order valence-corrected chi connectivity index (χ2v) is 5.10. The highest BCUT2D eigenvalue weighted by molar-refractivity contribution is 7.15. The van der Waals surface area contributed by atoms with Gasteiger partial charge in [0.25, 0.3) is 5.91 Å². The summed E-state index contributed by atoms with van der Waals surface area (Å²) in [6.07, 6.45) is 0.882. The van der Waals surface area contributed by atoms with E-state index in [0.29, 0.717) is 6.54 Å². The van der Waals surface area contributed by atoms with E-state index in [2.05, 4.69) is 5.32 Å². The zero-order valence-corrected chi connectivity index (χ0v) is 9.81. The third kappa shape index (κ3) is 1.85. The van der Waals surface area contributed by atoms with E-state index in [9.17, 15) is 9.18 Å². The number of carbonyl (C=O) groups is 1. The molecule has 3 rings (SSSR count). The van der Waals surface area contributed by atoms with Crippen molar-refractivity contribution in [3.8, 4) is 10.4 Å². The molecule has 0 radical (unpaired) electrons. The maximum Gasteiger partial charge on any atom is 0.252 e. The highest BCUT2D eigenvalue weighted by Gasteiger charge is 2.20. The summed E-state index contributed by atoms with van der Waals surface area (Å²) in [5, 5.41) is 2.82. The third-order valence-electron chi connectivity index (χ3n) is 2.82. The number of fused-ring (bicyclic) bond motifs is 1. The number of amides is 1. The number of rotatable bonds is 1. The zero-order valence-electron chi connectivity index (χ0n) is 9.00. The molecule has 0 unspecified atom stereocenters. The van der Waals surface area contributed by atoms with Crippen molar-refractivity contribution in [3.63, 3.8) is 0 Å². The SMILES string of the molecule is O=C1NCCc2sc(-c3ccc(F)cc3)cc21. The molecule has 0 aliphatic carbocycles. The molecule has 0 saturated carbocycles. The van der Waals surface area contributed by atoms with Crippen molar-refractivity contribution in [1.29, 1.82) is 0 Å². The summed E-state index contributed by atoms with van der Waals surface area (Å²) >= 11 is 1.61. The molecular formula is C13H10FNOS. The van der Waals surface area contributed by atoms with Crippen molar-refractivity contribution in [2.75, 3.05) is 6.54 Å². The number of thiophene rings is 1. The minimum atomic E-state index is -0.243. The molecule has 0 fully saturated rings. The van der Waals surface area contributed by atoms with Crippen LogP contribution in [0.1, 0.15) is 15.2 Å². The predicted molar refractivity (Wildman–Crippen MR) is 65.8 cm³/mol. The van der Waals surface area contributed by atoms with Gasteiger partial charge < -0.3 is 5.32 Å². The first-order valence-corrected chi connectivity index (χ1v) is 6.22. The Morgan fingerprint density at radius 3 is 2.71 bits per heavy atom. The van der Waals surface area contributed by atoms with E-state index in [4.69, 9.17) is 0 Å². The van der Waals surface area contributed by atoms with Crippen molar-refractivity contribution in [2.45, 2.75) is 6.42 Å². The third-order valence-corrected chi connectivity index (χ3v) is 4.06. The number of hydrogen-bond acceptors (Lipinski definition) is 2. The van der Waals surface area contributed by atoms with Gasteiger partial charge in [-0.2, -0.15) is 0 Å². The van der Waals surface area contributed by atoms with E-state index in [1.165, 1.54) is 12.1 Å². The summed E-state index contributed by atoms with van der Waals surface area (Å²) < 4.78 is 12.8. The largest absolute Gasteiger partial charge is 0.352 e. The Hall–Kier alpha value is -1.68. The Labute approximate surface area is 102 Å². The van der Waals surface area contributed by atoms with Crippen LogP contribution < -0.4 is 5.32 Å². The first kappa shape index (κ1) is 10.5. The molecule has 1 aromatic carbocycles. The van der Waals surface area contributed by atoms with Crippen LogP contribution in [-0.4, -0.2) is 12.5 Å². The first-order chi connectivity index (χ1) is 8.24. The van der Waals surface area contributed by atoms with Crippen molar-refractivity contribution < 1.29 is 9.18 Å². The highest BCUT2D eigenvalue weighted by Crippen LogP contribution is 2.33. The number of carbonyl (C=O) groups excluding carboxylic acids is 1. The van der Waals surface area contributed by atoms with E-state index in [-0.39, 0.29) is 11.7 Å². The molecule has 0 atom stereocenters. The number of benzene rings is 1. The summed E-state index contributed by atoms with van der Waals surface area (Å²) in [5.41, 5.74) is 1.72. The van der Waals surface area contributed by atoms with Gasteiger partial charge in [0.1, 0.15) is 5.82 Å². The van der Waals surface area contributed by atoms with Gasteiger partial charge in [-0.3, -0.25) is 4.79 Å². The van der Waals surface area contributed by atoms with Crippen LogP contribution in [0.3, 0.4) is 0 Å². The van der Waals surface area contributed by atoms with Gasteiger partial charge in [-0.1, -0.05) is 12.1 Å². The van der Waals surface area contributed by atoms with Crippen LogP contribution >= 0.6 is 11.3 Å². The van der Waals surface area contributed by atoms with Gasteiger partial charge in [0.05, 0.1) is 5.56 Å².